The number of carboxylic acids is 1. The van der Waals surface area contributed by atoms with Crippen molar-refractivity contribution in [3.63, 3.8) is 0 Å². The van der Waals surface area contributed by atoms with Crippen LogP contribution in [0.25, 0.3) is 0 Å². The number of nitrogens with one attached hydrogen (secondary N) is 1. The standard InChI is InChI=1S/C18H22N2O5/c19-13-18(7-10-24-11-8-18)17(23)20-12-14-3-5-15(6-4-14)25-9-1-2-16(21)22/h3-6H,1-2,7-12H2,(H,20,23)(H,21,22). The molecule has 0 unspecified atom stereocenters. The van der Waals surface area contributed by atoms with Gasteiger partial charge in [0.25, 0.3) is 0 Å². The molecule has 0 bridgehead atoms. The summed E-state index contributed by atoms with van der Waals surface area (Å²) < 4.78 is 10.7. The van der Waals surface area contributed by atoms with E-state index in [1.807, 2.05) is 12.1 Å². The highest BCUT2D eigenvalue weighted by Gasteiger charge is 2.40. The maximum absolute atomic E-state index is 12.4. The number of hydrogen-bond acceptors (Lipinski definition) is 5. The molecule has 2 rings (SSSR count). The first-order chi connectivity index (χ1) is 12.1. The van der Waals surface area contributed by atoms with Crippen molar-refractivity contribution in [2.45, 2.75) is 32.2 Å². The summed E-state index contributed by atoms with van der Waals surface area (Å²) in [5.41, 5.74) is -0.0998. The maximum Gasteiger partial charge on any atom is 0.303 e. The third kappa shape index (κ3) is 5.47. The molecule has 1 fully saturated rings. The van der Waals surface area contributed by atoms with Crippen molar-refractivity contribution < 1.29 is 24.2 Å². The Labute approximate surface area is 146 Å². The molecule has 1 aromatic carbocycles. The summed E-state index contributed by atoms with van der Waals surface area (Å²) in [6.45, 7) is 1.53. The second-order valence-electron chi connectivity index (χ2n) is 5.98. The predicted molar refractivity (Wildman–Crippen MR) is 88.8 cm³/mol. The van der Waals surface area contributed by atoms with Gasteiger partial charge in [0.2, 0.25) is 5.91 Å². The molecule has 1 aliphatic heterocycles. The van der Waals surface area contributed by atoms with E-state index in [9.17, 15) is 14.9 Å². The molecule has 0 saturated carbocycles. The van der Waals surface area contributed by atoms with Gasteiger partial charge in [-0.25, -0.2) is 0 Å². The molecule has 25 heavy (non-hydrogen) atoms. The summed E-state index contributed by atoms with van der Waals surface area (Å²) in [5, 5.41) is 20.7. The van der Waals surface area contributed by atoms with Gasteiger partial charge in [-0.15, -0.1) is 0 Å². The molecule has 7 heteroatoms. The number of rotatable bonds is 8. The number of amides is 1. The van der Waals surface area contributed by atoms with Crippen LogP contribution in [0.1, 0.15) is 31.2 Å². The average molecular weight is 346 g/mol. The van der Waals surface area contributed by atoms with Crippen LogP contribution in [0.4, 0.5) is 0 Å². The first-order valence-electron chi connectivity index (χ1n) is 8.26. The lowest BCUT2D eigenvalue weighted by Crippen LogP contribution is -2.43. The Morgan fingerprint density at radius 1 is 1.28 bits per heavy atom. The van der Waals surface area contributed by atoms with E-state index >= 15 is 0 Å². The molecule has 1 amide bonds. The van der Waals surface area contributed by atoms with E-state index in [1.54, 1.807) is 12.1 Å². The minimum absolute atomic E-state index is 0.0792. The smallest absolute Gasteiger partial charge is 0.303 e. The Hall–Kier alpha value is -2.59. The number of carbonyl (C=O) groups is 2. The highest BCUT2D eigenvalue weighted by atomic mass is 16.5. The molecule has 1 aliphatic rings. The lowest BCUT2D eigenvalue weighted by Gasteiger charge is -2.29. The number of ether oxygens (including phenoxy) is 2. The first-order valence-corrected chi connectivity index (χ1v) is 8.26. The molecule has 0 radical (unpaired) electrons. The summed E-state index contributed by atoms with van der Waals surface area (Å²) in [7, 11) is 0. The molecule has 1 heterocycles. The average Bonchev–Trinajstić information content (AvgIpc) is 2.64. The maximum atomic E-state index is 12.4. The molecule has 134 valence electrons. The van der Waals surface area contributed by atoms with Crippen molar-refractivity contribution in [3.8, 4) is 11.8 Å². The van der Waals surface area contributed by atoms with Crippen molar-refractivity contribution in [1.29, 1.82) is 5.26 Å². The minimum Gasteiger partial charge on any atom is -0.494 e. The molecule has 0 aliphatic carbocycles. The van der Waals surface area contributed by atoms with Gasteiger partial charge in [0.1, 0.15) is 11.2 Å². The summed E-state index contributed by atoms with van der Waals surface area (Å²) in [6.07, 6.45) is 1.36. The summed E-state index contributed by atoms with van der Waals surface area (Å²) in [4.78, 5) is 22.8. The van der Waals surface area contributed by atoms with Crippen LogP contribution in [0, 0.1) is 16.7 Å². The van der Waals surface area contributed by atoms with Crippen LogP contribution in [-0.2, 0) is 20.9 Å². The second-order valence-corrected chi connectivity index (χ2v) is 5.98. The van der Waals surface area contributed by atoms with Crippen LogP contribution in [0.2, 0.25) is 0 Å². The quantitative estimate of drug-likeness (QED) is 0.696. The number of nitrogens with zero attached hydrogens (tertiary/aromatic N) is 1. The Kier molecular flexibility index (Phi) is 6.78. The second kappa shape index (κ2) is 9.04. The van der Waals surface area contributed by atoms with Gasteiger partial charge in [-0.1, -0.05) is 12.1 Å². The van der Waals surface area contributed by atoms with Gasteiger partial charge in [0.05, 0.1) is 12.7 Å². The Bertz CT molecular complexity index is 630. The predicted octanol–water partition coefficient (Wildman–Crippen LogP) is 1.87. The zero-order valence-corrected chi connectivity index (χ0v) is 14.0. The van der Waals surface area contributed by atoms with E-state index in [0.29, 0.717) is 51.4 Å². The fourth-order valence-corrected chi connectivity index (χ4v) is 2.58. The number of carboxylic acid groups (broad SMARTS) is 1. The lowest BCUT2D eigenvalue weighted by atomic mass is 9.81. The van der Waals surface area contributed by atoms with Crippen molar-refractivity contribution in [1.82, 2.24) is 5.32 Å². The largest absolute Gasteiger partial charge is 0.494 e. The lowest BCUT2D eigenvalue weighted by molar-refractivity contribution is -0.137. The van der Waals surface area contributed by atoms with Gasteiger partial charge in [-0.05, 0) is 37.0 Å². The molecular formula is C18H22N2O5. The van der Waals surface area contributed by atoms with E-state index in [0.717, 1.165) is 5.56 Å². The Morgan fingerprint density at radius 2 is 1.96 bits per heavy atom. The minimum atomic E-state index is -0.995. The molecule has 2 N–H and O–H groups in total. The SMILES string of the molecule is N#CC1(C(=O)NCc2ccc(OCCCC(=O)O)cc2)CCOCC1. The van der Waals surface area contributed by atoms with Crippen molar-refractivity contribution in [2.24, 2.45) is 5.41 Å². The highest BCUT2D eigenvalue weighted by molar-refractivity contribution is 5.85. The fraction of sp³-hybridized carbons (Fsp3) is 0.500. The number of hydrogen-bond donors (Lipinski definition) is 2. The fourth-order valence-electron chi connectivity index (χ4n) is 2.58. The number of benzene rings is 1. The van der Waals surface area contributed by atoms with E-state index in [2.05, 4.69) is 11.4 Å². The molecule has 0 spiro atoms. The van der Waals surface area contributed by atoms with Crippen LogP contribution < -0.4 is 10.1 Å². The van der Waals surface area contributed by atoms with Gasteiger partial charge in [0.15, 0.2) is 0 Å². The van der Waals surface area contributed by atoms with Crippen molar-refractivity contribution >= 4 is 11.9 Å². The third-order valence-electron chi connectivity index (χ3n) is 4.18. The highest BCUT2D eigenvalue weighted by Crippen LogP contribution is 2.30. The topological polar surface area (TPSA) is 109 Å². The van der Waals surface area contributed by atoms with E-state index in [1.165, 1.54) is 0 Å². The molecule has 1 saturated heterocycles. The summed E-state index contributed by atoms with van der Waals surface area (Å²) in [5.74, 6) is -0.444. The van der Waals surface area contributed by atoms with Crippen LogP contribution in [0.3, 0.4) is 0 Å². The van der Waals surface area contributed by atoms with Gasteiger partial charge in [0, 0.05) is 26.2 Å². The van der Waals surface area contributed by atoms with Gasteiger partial charge in [-0.2, -0.15) is 5.26 Å². The van der Waals surface area contributed by atoms with Crippen LogP contribution >= 0.6 is 0 Å². The number of carbonyl (C=O) groups excluding carboxylic acids is 1. The van der Waals surface area contributed by atoms with Crippen LogP contribution in [0.15, 0.2) is 24.3 Å². The van der Waals surface area contributed by atoms with E-state index in [4.69, 9.17) is 14.6 Å². The van der Waals surface area contributed by atoms with Crippen molar-refractivity contribution in [3.05, 3.63) is 29.8 Å². The van der Waals surface area contributed by atoms with E-state index in [-0.39, 0.29) is 12.3 Å². The number of nitriles is 1. The van der Waals surface area contributed by atoms with Crippen molar-refractivity contribution in [2.75, 3.05) is 19.8 Å². The molecule has 0 atom stereocenters. The Morgan fingerprint density at radius 3 is 2.56 bits per heavy atom. The molecular weight excluding hydrogens is 324 g/mol. The van der Waals surface area contributed by atoms with Gasteiger partial charge in [-0.3, -0.25) is 9.59 Å². The Balaban J connectivity index is 1.80. The summed E-state index contributed by atoms with van der Waals surface area (Å²) in [6, 6.07) is 9.35. The van der Waals surface area contributed by atoms with Crippen LogP contribution in [0.5, 0.6) is 5.75 Å². The monoisotopic (exact) mass is 346 g/mol. The van der Waals surface area contributed by atoms with Gasteiger partial charge < -0.3 is 19.9 Å². The molecule has 0 aromatic heterocycles. The first kappa shape index (κ1) is 18.7. The van der Waals surface area contributed by atoms with Crippen LogP contribution in [-0.4, -0.2) is 36.8 Å². The molecule has 7 nitrogen and oxygen atoms in total. The summed E-state index contributed by atoms with van der Waals surface area (Å²) >= 11 is 0. The van der Waals surface area contributed by atoms with Gasteiger partial charge >= 0.3 is 5.97 Å². The van der Waals surface area contributed by atoms with E-state index < -0.39 is 11.4 Å². The zero-order chi connectivity index (χ0) is 18.1. The number of aliphatic carboxylic acids is 1. The third-order valence-corrected chi connectivity index (χ3v) is 4.18. The zero-order valence-electron chi connectivity index (χ0n) is 14.0. The normalized spacial score (nSPS) is 15.8. The molecule has 1 aromatic rings.